The summed E-state index contributed by atoms with van der Waals surface area (Å²) in [5.74, 6) is -2.50. The Morgan fingerprint density at radius 1 is 0.316 bits per heavy atom. The first-order valence-electron chi connectivity index (χ1n) is 24.0. The molecule has 0 aromatic rings. The molecule has 0 saturated heterocycles. The number of hydrogen-bond donors (Lipinski definition) is 0. The predicted octanol–water partition coefficient (Wildman–Crippen LogP) is 14.3. The van der Waals surface area contributed by atoms with Gasteiger partial charge in [0, 0.05) is 0 Å². The van der Waals surface area contributed by atoms with Gasteiger partial charge in [-0.2, -0.15) is 0 Å². The molecule has 0 aliphatic rings. The van der Waals surface area contributed by atoms with Crippen LogP contribution in [0.5, 0.6) is 0 Å². The molecule has 0 atom stereocenters. The summed E-state index contributed by atoms with van der Waals surface area (Å²) in [7, 11) is 0. The van der Waals surface area contributed by atoms with Crippen LogP contribution < -0.4 is 0 Å². The molecule has 57 heavy (non-hydrogen) atoms. The summed E-state index contributed by atoms with van der Waals surface area (Å²) in [5, 5.41) is 0. The van der Waals surface area contributed by atoms with E-state index in [9.17, 15) is 19.2 Å². The first-order valence-corrected chi connectivity index (χ1v) is 30.3. The van der Waals surface area contributed by atoms with Crippen LogP contribution in [-0.2, 0) is 34.8 Å². The van der Waals surface area contributed by atoms with E-state index < -0.39 is 43.1 Å². The van der Waals surface area contributed by atoms with E-state index in [0.29, 0.717) is 22.1 Å². The molecule has 8 nitrogen and oxygen atoms in total. The molecule has 0 fully saturated rings. The van der Waals surface area contributed by atoms with Gasteiger partial charge in [0.1, 0.15) is 0 Å². The van der Waals surface area contributed by atoms with Crippen molar-refractivity contribution in [2.24, 2.45) is 0 Å². The molecule has 0 spiro atoms. The molecular formula is C48H88O8Sn. The molecule has 0 bridgehead atoms. The molecule has 0 amide bonds. The van der Waals surface area contributed by atoms with E-state index in [0.717, 1.165) is 127 Å². The number of carbonyl (C=O) groups is 4. The van der Waals surface area contributed by atoms with E-state index in [1.807, 2.05) is 0 Å². The van der Waals surface area contributed by atoms with Crippen molar-refractivity contribution < 1.29 is 34.8 Å². The van der Waals surface area contributed by atoms with Crippen LogP contribution in [0.15, 0.2) is 24.3 Å². The third-order valence-electron chi connectivity index (χ3n) is 10.6. The van der Waals surface area contributed by atoms with Crippen molar-refractivity contribution >= 4 is 43.1 Å². The molecule has 0 heterocycles. The van der Waals surface area contributed by atoms with E-state index in [1.54, 1.807) is 0 Å². The Morgan fingerprint density at radius 3 is 0.825 bits per heavy atom. The van der Waals surface area contributed by atoms with Crippen molar-refractivity contribution in [3.63, 3.8) is 0 Å². The second kappa shape index (κ2) is 42.3. The first kappa shape index (κ1) is 55.2. The molecule has 0 aromatic carbocycles. The van der Waals surface area contributed by atoms with Crippen LogP contribution in [0.4, 0.5) is 0 Å². The van der Waals surface area contributed by atoms with Crippen molar-refractivity contribution in [3.05, 3.63) is 24.3 Å². The van der Waals surface area contributed by atoms with Gasteiger partial charge in [0.15, 0.2) is 0 Å². The Morgan fingerprint density at radius 2 is 0.544 bits per heavy atom. The fourth-order valence-electron chi connectivity index (χ4n) is 7.03. The van der Waals surface area contributed by atoms with Gasteiger partial charge in [0.25, 0.3) is 0 Å². The monoisotopic (exact) mass is 913 g/mol. The van der Waals surface area contributed by atoms with E-state index >= 15 is 0 Å². The molecule has 9 heteroatoms. The van der Waals surface area contributed by atoms with Gasteiger partial charge >= 0.3 is 279 Å². The Kier molecular flexibility index (Phi) is 40.9. The standard InChI is InChI=1S/2C16H28O4.2C8H17.Sn/c2*1-2-3-4-5-6-7-8-9-10-11-14-20-16(19)13-12-15(17)18;2*1-3-5-7-8-6-4-2;/h2*12-13H,2-11,14H2,1H3,(H,17,18);2*1,3-8H2,2H3;/q;;;;+2/p-2. The zero-order chi connectivity index (χ0) is 41.9. The van der Waals surface area contributed by atoms with Crippen LogP contribution in [0.2, 0.25) is 8.87 Å². The van der Waals surface area contributed by atoms with E-state index in [-0.39, 0.29) is 0 Å². The van der Waals surface area contributed by atoms with Crippen LogP contribution in [0, 0.1) is 0 Å². The van der Waals surface area contributed by atoms with Crippen LogP contribution >= 0.6 is 0 Å². The SMILES string of the molecule is CCCCCCCCCCCCOC(=O)C=CC(=O)[O][Sn]([CH2]CCCCCCC)([CH2]CCCCCCC)[O]C(=O)C=CC(=O)OCCCCCCCCCCCC. The Balaban J connectivity index is 5.23. The average molecular weight is 912 g/mol. The summed E-state index contributed by atoms with van der Waals surface area (Å²) in [6.45, 7) is 9.48. The summed E-state index contributed by atoms with van der Waals surface area (Å²) in [6, 6.07) is 0. The second-order valence-electron chi connectivity index (χ2n) is 16.2. The fourth-order valence-corrected chi connectivity index (χ4v) is 16.0. The topological polar surface area (TPSA) is 105 Å². The van der Waals surface area contributed by atoms with Crippen LogP contribution in [0.1, 0.15) is 233 Å². The number of esters is 2. The van der Waals surface area contributed by atoms with E-state index in [1.165, 1.54) is 103 Å². The van der Waals surface area contributed by atoms with Gasteiger partial charge in [-0.3, -0.25) is 0 Å². The van der Waals surface area contributed by atoms with Gasteiger partial charge in [-0.25, -0.2) is 0 Å². The molecular weight excluding hydrogens is 823 g/mol. The summed E-state index contributed by atoms with van der Waals surface area (Å²) < 4.78 is 24.1. The minimum absolute atomic E-state index is 0.319. The molecule has 0 rings (SSSR count). The van der Waals surface area contributed by atoms with Gasteiger partial charge in [-0.15, -0.1) is 0 Å². The minimum atomic E-state index is -4.40. The summed E-state index contributed by atoms with van der Waals surface area (Å²) >= 11 is -4.40. The number of rotatable bonds is 42. The molecule has 332 valence electrons. The Labute approximate surface area is 355 Å². The molecule has 0 radical (unpaired) electrons. The third kappa shape index (κ3) is 38.1. The summed E-state index contributed by atoms with van der Waals surface area (Å²) in [4.78, 5) is 51.4. The van der Waals surface area contributed by atoms with E-state index in [2.05, 4.69) is 27.7 Å². The second-order valence-corrected chi connectivity index (χ2v) is 25.4. The van der Waals surface area contributed by atoms with Gasteiger partial charge < -0.3 is 0 Å². The van der Waals surface area contributed by atoms with Gasteiger partial charge in [0.2, 0.25) is 0 Å². The van der Waals surface area contributed by atoms with Crippen LogP contribution in [0.3, 0.4) is 0 Å². The maximum absolute atomic E-state index is 13.3. The maximum atomic E-state index is 13.3. The van der Waals surface area contributed by atoms with E-state index in [4.69, 9.17) is 15.6 Å². The van der Waals surface area contributed by atoms with Gasteiger partial charge in [-0.05, 0) is 0 Å². The van der Waals surface area contributed by atoms with Crippen molar-refractivity contribution in [2.75, 3.05) is 13.2 Å². The zero-order valence-corrected chi connectivity index (χ0v) is 40.4. The number of unbranched alkanes of at least 4 members (excludes halogenated alkanes) is 28. The van der Waals surface area contributed by atoms with Gasteiger partial charge in [0.05, 0.1) is 0 Å². The van der Waals surface area contributed by atoms with Crippen molar-refractivity contribution in [2.45, 2.75) is 242 Å². The smallest absolute Gasteiger partial charge is 0.0654 e. The van der Waals surface area contributed by atoms with Crippen molar-refractivity contribution in [3.8, 4) is 0 Å². The molecule has 0 unspecified atom stereocenters. The van der Waals surface area contributed by atoms with Crippen LogP contribution in [0.25, 0.3) is 0 Å². The Hall–Kier alpha value is -1.84. The van der Waals surface area contributed by atoms with Gasteiger partial charge in [-0.1, -0.05) is 78.1 Å². The van der Waals surface area contributed by atoms with Crippen molar-refractivity contribution in [1.29, 1.82) is 0 Å². The Bertz CT molecular complexity index is 946. The molecule has 0 aromatic heterocycles. The number of ether oxygens (including phenoxy) is 2. The fraction of sp³-hybridized carbons (Fsp3) is 0.833. The van der Waals surface area contributed by atoms with Crippen LogP contribution in [-0.4, -0.2) is 56.3 Å². The first-order chi connectivity index (χ1) is 27.8. The predicted molar refractivity (Wildman–Crippen MR) is 238 cm³/mol. The zero-order valence-electron chi connectivity index (χ0n) is 37.5. The quantitative estimate of drug-likeness (QED) is 0.0258. The minimum Gasteiger partial charge on any atom is -0.0654 e. The van der Waals surface area contributed by atoms with Crippen molar-refractivity contribution in [1.82, 2.24) is 0 Å². The molecule has 0 aliphatic heterocycles. The molecule has 0 aliphatic carbocycles. The summed E-state index contributed by atoms with van der Waals surface area (Å²) in [6.07, 6.45) is 41.0. The normalized spacial score (nSPS) is 11.7. The summed E-state index contributed by atoms with van der Waals surface area (Å²) in [5.41, 5.74) is 0. The average Bonchev–Trinajstić information content (AvgIpc) is 3.20. The molecule has 0 N–H and O–H groups in total. The number of hydrogen-bond acceptors (Lipinski definition) is 8. The molecule has 0 saturated carbocycles. The third-order valence-corrected chi connectivity index (χ3v) is 20.2. The number of carbonyl (C=O) groups excluding carboxylic acids is 4.